The minimum Gasteiger partial charge on any atom is -0.507 e. The zero-order valence-electron chi connectivity index (χ0n) is 18.1. The minimum atomic E-state index is -0.746. The number of amides is 1. The van der Waals surface area contributed by atoms with Crippen LogP contribution < -0.4 is 4.74 Å². The molecule has 1 aliphatic rings. The highest BCUT2D eigenvalue weighted by Crippen LogP contribution is 2.41. The number of rotatable bonds is 7. The van der Waals surface area contributed by atoms with Gasteiger partial charge in [0.25, 0.3) is 11.7 Å². The van der Waals surface area contributed by atoms with E-state index >= 15 is 0 Å². The molecule has 3 aromatic carbocycles. The molecule has 0 aliphatic carbocycles. The minimum absolute atomic E-state index is 0.0658. The Morgan fingerprint density at radius 1 is 1.03 bits per heavy atom. The van der Waals surface area contributed by atoms with Gasteiger partial charge in [-0.3, -0.25) is 9.59 Å². The van der Waals surface area contributed by atoms with Gasteiger partial charge in [-0.25, -0.2) is 0 Å². The largest absolute Gasteiger partial charge is 0.507 e. The normalized spacial score (nSPS) is 17.8. The second-order valence-corrected chi connectivity index (χ2v) is 7.52. The molecule has 0 spiro atoms. The molecule has 0 radical (unpaired) electrons. The van der Waals surface area contributed by atoms with Crippen LogP contribution in [0.15, 0.2) is 72.3 Å². The summed E-state index contributed by atoms with van der Waals surface area (Å²) in [5, 5.41) is 13.1. The number of aliphatic hydroxyl groups excluding tert-OH is 1. The van der Waals surface area contributed by atoms with Crippen molar-refractivity contribution in [1.29, 1.82) is 0 Å². The topological polar surface area (TPSA) is 76.1 Å². The van der Waals surface area contributed by atoms with Crippen molar-refractivity contribution in [2.45, 2.75) is 13.0 Å². The second kappa shape index (κ2) is 9.24. The number of likely N-dealkylation sites (tertiary alicyclic amines) is 1. The fourth-order valence-electron chi connectivity index (χ4n) is 4.16. The van der Waals surface area contributed by atoms with Crippen molar-refractivity contribution in [2.75, 3.05) is 26.9 Å². The lowest BCUT2D eigenvalue weighted by atomic mass is 9.93. The number of ketones is 1. The van der Waals surface area contributed by atoms with Gasteiger partial charge in [0.05, 0.1) is 24.8 Å². The molecule has 164 valence electrons. The number of ether oxygens (including phenoxy) is 2. The van der Waals surface area contributed by atoms with Crippen molar-refractivity contribution in [3.63, 3.8) is 0 Å². The van der Waals surface area contributed by atoms with E-state index in [1.165, 1.54) is 12.0 Å². The predicted molar refractivity (Wildman–Crippen MR) is 122 cm³/mol. The van der Waals surface area contributed by atoms with Gasteiger partial charge in [-0.15, -0.1) is 0 Å². The van der Waals surface area contributed by atoms with Crippen LogP contribution in [0.4, 0.5) is 0 Å². The molecule has 6 heteroatoms. The van der Waals surface area contributed by atoms with Gasteiger partial charge in [-0.1, -0.05) is 54.6 Å². The molecule has 1 aliphatic heterocycles. The molecule has 4 rings (SSSR count). The van der Waals surface area contributed by atoms with Crippen molar-refractivity contribution in [2.24, 2.45) is 0 Å². The van der Waals surface area contributed by atoms with Gasteiger partial charge in [-0.05, 0) is 35.4 Å². The first kappa shape index (κ1) is 21.6. The van der Waals surface area contributed by atoms with Crippen LogP contribution in [0.5, 0.6) is 5.75 Å². The lowest BCUT2D eigenvalue weighted by Crippen LogP contribution is -2.32. The molecule has 0 saturated carbocycles. The van der Waals surface area contributed by atoms with E-state index in [4.69, 9.17) is 9.47 Å². The Hall–Kier alpha value is -3.64. The number of carbonyl (C=O) groups is 2. The highest BCUT2D eigenvalue weighted by atomic mass is 16.5. The maximum atomic E-state index is 13.1. The molecule has 1 heterocycles. The van der Waals surface area contributed by atoms with E-state index in [2.05, 4.69) is 0 Å². The number of methoxy groups -OCH3 is 1. The van der Waals surface area contributed by atoms with Crippen LogP contribution in [-0.2, 0) is 14.3 Å². The van der Waals surface area contributed by atoms with Crippen LogP contribution in [0, 0.1) is 0 Å². The molecule has 1 saturated heterocycles. The maximum Gasteiger partial charge on any atom is 0.295 e. The number of fused-ring (bicyclic) bond motifs is 1. The maximum absolute atomic E-state index is 13.1. The van der Waals surface area contributed by atoms with Gasteiger partial charge in [-0.2, -0.15) is 0 Å². The summed E-state index contributed by atoms with van der Waals surface area (Å²) in [6.07, 6.45) is 0. The van der Waals surface area contributed by atoms with Crippen molar-refractivity contribution >= 4 is 28.2 Å². The molecule has 1 atom stereocenters. The van der Waals surface area contributed by atoms with Crippen LogP contribution in [0.3, 0.4) is 0 Å². The Bertz CT molecular complexity index is 1190. The number of Topliss-reactive ketones (excluding diaryl/α,β-unsaturated/α-hetero) is 1. The lowest BCUT2D eigenvalue weighted by molar-refractivity contribution is -0.140. The Morgan fingerprint density at radius 3 is 2.56 bits per heavy atom. The molecule has 1 unspecified atom stereocenters. The molecular formula is C26H25NO5. The molecule has 1 fully saturated rings. The van der Waals surface area contributed by atoms with Gasteiger partial charge in [0.15, 0.2) is 0 Å². The first-order chi connectivity index (χ1) is 15.6. The van der Waals surface area contributed by atoms with Crippen molar-refractivity contribution in [1.82, 2.24) is 4.90 Å². The third-order valence-corrected chi connectivity index (χ3v) is 5.61. The summed E-state index contributed by atoms with van der Waals surface area (Å²) in [6, 6.07) is 19.6. The summed E-state index contributed by atoms with van der Waals surface area (Å²) in [7, 11) is 1.54. The van der Waals surface area contributed by atoms with Crippen molar-refractivity contribution in [3.05, 3.63) is 83.4 Å². The standard InChI is InChI=1S/C26H25NO5/c1-3-32-19-11-6-10-18(16-19)23-22(25(29)26(30)27(23)14-15-31-2)24(28)21-13-7-9-17-8-4-5-12-20(17)21/h4-13,16,23,28H,3,14-15H2,1-2H3/b24-22-. The summed E-state index contributed by atoms with van der Waals surface area (Å²) in [4.78, 5) is 27.6. The first-order valence-electron chi connectivity index (χ1n) is 10.5. The van der Waals surface area contributed by atoms with Gasteiger partial charge in [0, 0.05) is 19.2 Å². The Morgan fingerprint density at radius 2 is 1.78 bits per heavy atom. The number of aliphatic hydroxyl groups is 1. The zero-order chi connectivity index (χ0) is 22.7. The van der Waals surface area contributed by atoms with Gasteiger partial charge in [0.1, 0.15) is 11.5 Å². The van der Waals surface area contributed by atoms with E-state index in [0.29, 0.717) is 23.5 Å². The van der Waals surface area contributed by atoms with Gasteiger partial charge in [0.2, 0.25) is 0 Å². The third-order valence-electron chi connectivity index (χ3n) is 5.61. The molecule has 1 amide bonds. The summed E-state index contributed by atoms with van der Waals surface area (Å²) >= 11 is 0. The molecule has 6 nitrogen and oxygen atoms in total. The summed E-state index contributed by atoms with van der Waals surface area (Å²) in [6.45, 7) is 2.86. The zero-order valence-corrected chi connectivity index (χ0v) is 18.1. The SMILES string of the molecule is CCOc1cccc(C2/C(=C(/O)c3cccc4ccccc34)C(=O)C(=O)N2CCOC)c1. The Balaban J connectivity index is 1.92. The molecule has 0 bridgehead atoms. The number of benzene rings is 3. The van der Waals surface area contributed by atoms with E-state index in [0.717, 1.165) is 10.8 Å². The predicted octanol–water partition coefficient (Wildman–Crippen LogP) is 4.31. The van der Waals surface area contributed by atoms with Gasteiger partial charge < -0.3 is 19.5 Å². The summed E-state index contributed by atoms with van der Waals surface area (Å²) in [5.41, 5.74) is 1.27. The van der Waals surface area contributed by atoms with E-state index in [-0.39, 0.29) is 24.5 Å². The molecule has 1 N–H and O–H groups in total. The lowest BCUT2D eigenvalue weighted by Gasteiger charge is -2.25. The fraction of sp³-hybridized carbons (Fsp3) is 0.231. The fourth-order valence-corrected chi connectivity index (χ4v) is 4.16. The van der Waals surface area contributed by atoms with Crippen LogP contribution in [0.2, 0.25) is 0 Å². The number of nitrogens with zero attached hydrogens (tertiary/aromatic N) is 1. The third kappa shape index (κ3) is 3.85. The van der Waals surface area contributed by atoms with Crippen molar-refractivity contribution in [3.8, 4) is 5.75 Å². The highest BCUT2D eigenvalue weighted by molar-refractivity contribution is 6.46. The molecular weight excluding hydrogens is 406 g/mol. The number of hydrogen-bond acceptors (Lipinski definition) is 5. The number of carbonyl (C=O) groups excluding carboxylic acids is 2. The molecule has 3 aromatic rings. The average Bonchev–Trinajstić information content (AvgIpc) is 3.07. The van der Waals surface area contributed by atoms with Crippen LogP contribution >= 0.6 is 0 Å². The van der Waals surface area contributed by atoms with Crippen LogP contribution in [-0.4, -0.2) is 48.6 Å². The smallest absolute Gasteiger partial charge is 0.295 e. The number of hydrogen-bond donors (Lipinski definition) is 1. The molecule has 0 aromatic heterocycles. The van der Waals surface area contributed by atoms with E-state index < -0.39 is 17.7 Å². The Labute approximate surface area is 186 Å². The summed E-state index contributed by atoms with van der Waals surface area (Å²) < 4.78 is 10.8. The average molecular weight is 431 g/mol. The van der Waals surface area contributed by atoms with E-state index in [1.54, 1.807) is 12.1 Å². The highest BCUT2D eigenvalue weighted by Gasteiger charge is 2.46. The summed E-state index contributed by atoms with van der Waals surface area (Å²) in [5.74, 6) is -0.923. The van der Waals surface area contributed by atoms with Crippen LogP contribution in [0.25, 0.3) is 16.5 Å². The monoisotopic (exact) mass is 431 g/mol. The quantitative estimate of drug-likeness (QED) is 0.343. The van der Waals surface area contributed by atoms with Crippen LogP contribution in [0.1, 0.15) is 24.1 Å². The van der Waals surface area contributed by atoms with Crippen molar-refractivity contribution < 1.29 is 24.2 Å². The molecule has 32 heavy (non-hydrogen) atoms. The van der Waals surface area contributed by atoms with Gasteiger partial charge >= 0.3 is 0 Å². The van der Waals surface area contributed by atoms with E-state index in [9.17, 15) is 14.7 Å². The second-order valence-electron chi connectivity index (χ2n) is 7.52. The van der Waals surface area contributed by atoms with E-state index in [1.807, 2.05) is 61.5 Å². The first-order valence-corrected chi connectivity index (χ1v) is 10.5. The Kier molecular flexibility index (Phi) is 6.23.